The monoisotopic (exact) mass is 373 g/mol. The maximum absolute atomic E-state index is 12.5. The van der Waals surface area contributed by atoms with E-state index >= 15 is 0 Å². The van der Waals surface area contributed by atoms with E-state index in [-0.39, 0.29) is 11.6 Å². The van der Waals surface area contributed by atoms with Crippen LogP contribution in [0.1, 0.15) is 32.1 Å². The van der Waals surface area contributed by atoms with Crippen LogP contribution in [0.3, 0.4) is 0 Å². The van der Waals surface area contributed by atoms with Gasteiger partial charge in [0.15, 0.2) is 5.78 Å². The first kappa shape index (κ1) is 18.7. The topological polar surface area (TPSA) is 49.9 Å². The number of thioether (sulfide) groups is 1. The SMILES string of the molecule is C=C(Cc1ccc(C(=O)c2ccccc2)[nH]1)SC(=C)C(=O)c1ccccc1. The van der Waals surface area contributed by atoms with Crippen LogP contribution in [0.4, 0.5) is 0 Å². The second kappa shape index (κ2) is 8.52. The van der Waals surface area contributed by atoms with Crippen molar-refractivity contribution in [3.8, 4) is 0 Å². The van der Waals surface area contributed by atoms with Gasteiger partial charge in [-0.05, 0) is 17.0 Å². The molecule has 3 rings (SSSR count). The molecule has 0 saturated heterocycles. The lowest BCUT2D eigenvalue weighted by Crippen LogP contribution is -2.02. The second-order valence-electron chi connectivity index (χ2n) is 6.03. The standard InChI is InChI=1S/C23H19NO2S/c1-16(27-17(2)22(25)18-9-5-3-6-10-18)15-20-13-14-21(24-20)23(26)19-11-7-4-8-12-19/h3-14,24H,1-2,15H2. The molecule has 2 aromatic carbocycles. The number of rotatable bonds is 8. The highest BCUT2D eigenvalue weighted by Gasteiger charge is 2.14. The molecule has 0 radical (unpaired) electrons. The van der Waals surface area contributed by atoms with Crippen LogP contribution in [0.15, 0.2) is 95.8 Å². The van der Waals surface area contributed by atoms with Gasteiger partial charge in [-0.2, -0.15) is 0 Å². The maximum Gasteiger partial charge on any atom is 0.209 e. The number of aromatic nitrogens is 1. The number of hydrogen-bond donors (Lipinski definition) is 1. The molecular weight excluding hydrogens is 354 g/mol. The Bertz CT molecular complexity index is 987. The fourth-order valence-electron chi connectivity index (χ4n) is 2.64. The van der Waals surface area contributed by atoms with Crippen LogP contribution < -0.4 is 0 Å². The molecule has 0 aliphatic carbocycles. The van der Waals surface area contributed by atoms with Crippen molar-refractivity contribution in [2.45, 2.75) is 6.42 Å². The molecule has 0 fully saturated rings. The number of carbonyl (C=O) groups is 2. The van der Waals surface area contributed by atoms with Gasteiger partial charge in [0.05, 0.1) is 10.6 Å². The molecule has 0 saturated carbocycles. The van der Waals surface area contributed by atoms with Crippen molar-refractivity contribution in [3.63, 3.8) is 0 Å². The second-order valence-corrected chi connectivity index (χ2v) is 7.30. The molecule has 3 aromatic rings. The van der Waals surface area contributed by atoms with E-state index in [2.05, 4.69) is 18.1 Å². The Labute approximate surface area is 162 Å². The Morgan fingerprint density at radius 1 is 0.815 bits per heavy atom. The largest absolute Gasteiger partial charge is 0.355 e. The van der Waals surface area contributed by atoms with Gasteiger partial charge >= 0.3 is 0 Å². The molecule has 1 heterocycles. The highest BCUT2D eigenvalue weighted by molar-refractivity contribution is 8.07. The van der Waals surface area contributed by atoms with Gasteiger partial charge in [-0.15, -0.1) is 0 Å². The molecule has 1 aromatic heterocycles. The van der Waals surface area contributed by atoms with Crippen LogP contribution in [-0.2, 0) is 6.42 Å². The Morgan fingerprint density at radius 2 is 1.41 bits per heavy atom. The number of hydrogen-bond acceptors (Lipinski definition) is 3. The average Bonchev–Trinajstić information content (AvgIpc) is 3.16. The highest BCUT2D eigenvalue weighted by atomic mass is 32.2. The van der Waals surface area contributed by atoms with E-state index in [9.17, 15) is 9.59 Å². The molecule has 134 valence electrons. The maximum atomic E-state index is 12.5. The molecule has 0 bridgehead atoms. The van der Waals surface area contributed by atoms with Crippen molar-refractivity contribution in [2.24, 2.45) is 0 Å². The summed E-state index contributed by atoms with van der Waals surface area (Å²) in [6.07, 6.45) is 0.522. The predicted octanol–water partition coefficient (Wildman–Crippen LogP) is 5.43. The lowest BCUT2D eigenvalue weighted by molar-refractivity contribution is 0.103. The van der Waals surface area contributed by atoms with Gasteiger partial charge in [0.2, 0.25) is 5.78 Å². The molecule has 1 N–H and O–H groups in total. The number of ketones is 2. The fourth-order valence-corrected chi connectivity index (χ4v) is 3.43. The van der Waals surface area contributed by atoms with E-state index in [1.54, 1.807) is 30.3 Å². The van der Waals surface area contributed by atoms with Crippen molar-refractivity contribution < 1.29 is 9.59 Å². The minimum Gasteiger partial charge on any atom is -0.355 e. The molecule has 27 heavy (non-hydrogen) atoms. The van der Waals surface area contributed by atoms with Crippen LogP contribution in [0.25, 0.3) is 0 Å². The van der Waals surface area contributed by atoms with Gasteiger partial charge in [0.25, 0.3) is 0 Å². The van der Waals surface area contributed by atoms with Crippen LogP contribution >= 0.6 is 11.8 Å². The quantitative estimate of drug-likeness (QED) is 0.423. The number of carbonyl (C=O) groups excluding carboxylic acids is 2. The molecule has 0 aliphatic heterocycles. The Morgan fingerprint density at radius 3 is 2.04 bits per heavy atom. The van der Waals surface area contributed by atoms with E-state index in [0.29, 0.717) is 28.1 Å². The van der Waals surface area contributed by atoms with Gasteiger partial charge in [-0.1, -0.05) is 85.6 Å². The third kappa shape index (κ3) is 4.74. The first-order valence-corrected chi connectivity index (χ1v) is 9.28. The van der Waals surface area contributed by atoms with E-state index < -0.39 is 0 Å². The number of Topliss-reactive ketones (excluding diaryl/α,β-unsaturated/α-hetero) is 1. The summed E-state index contributed by atoms with van der Waals surface area (Å²) in [5.74, 6) is -0.156. The zero-order valence-corrected chi connectivity index (χ0v) is 15.6. The average molecular weight is 373 g/mol. The number of aromatic amines is 1. The molecule has 0 atom stereocenters. The Hall–Kier alpha value is -3.11. The van der Waals surface area contributed by atoms with Crippen LogP contribution in [0, 0.1) is 0 Å². The number of benzene rings is 2. The van der Waals surface area contributed by atoms with Gasteiger partial charge in [0, 0.05) is 23.2 Å². The lowest BCUT2D eigenvalue weighted by atomic mass is 10.1. The van der Waals surface area contributed by atoms with E-state index in [1.807, 2.05) is 42.5 Å². The molecule has 0 aliphatic rings. The van der Waals surface area contributed by atoms with Crippen molar-refractivity contribution in [1.82, 2.24) is 4.98 Å². The number of allylic oxidation sites excluding steroid dienone is 2. The van der Waals surface area contributed by atoms with Crippen molar-refractivity contribution in [1.29, 1.82) is 0 Å². The van der Waals surface area contributed by atoms with Crippen LogP contribution in [0.2, 0.25) is 0 Å². The van der Waals surface area contributed by atoms with Crippen molar-refractivity contribution >= 4 is 23.3 Å². The summed E-state index contributed by atoms with van der Waals surface area (Å²) in [6, 6.07) is 21.8. The van der Waals surface area contributed by atoms with E-state index in [0.717, 1.165) is 10.6 Å². The first-order valence-electron chi connectivity index (χ1n) is 8.46. The van der Waals surface area contributed by atoms with Gasteiger partial charge in [0.1, 0.15) is 0 Å². The van der Waals surface area contributed by atoms with E-state index in [1.165, 1.54) is 11.8 Å². The fraction of sp³-hybridized carbons (Fsp3) is 0.0435. The molecular formula is C23H19NO2S. The lowest BCUT2D eigenvalue weighted by Gasteiger charge is -2.07. The summed E-state index contributed by atoms with van der Waals surface area (Å²) in [5, 5.41) is 0. The smallest absolute Gasteiger partial charge is 0.209 e. The zero-order valence-electron chi connectivity index (χ0n) is 14.8. The minimum absolute atomic E-state index is 0.0521. The Balaban J connectivity index is 1.60. The predicted molar refractivity (Wildman–Crippen MR) is 111 cm³/mol. The summed E-state index contributed by atoms with van der Waals surface area (Å²) in [7, 11) is 0. The first-order chi connectivity index (χ1) is 13.0. The summed E-state index contributed by atoms with van der Waals surface area (Å²) >= 11 is 1.27. The van der Waals surface area contributed by atoms with Crippen molar-refractivity contribution in [3.05, 3.63) is 118 Å². The zero-order chi connectivity index (χ0) is 19.2. The number of H-pyrrole nitrogens is 1. The summed E-state index contributed by atoms with van der Waals surface area (Å²) < 4.78 is 0. The van der Waals surface area contributed by atoms with Crippen LogP contribution in [-0.4, -0.2) is 16.6 Å². The summed E-state index contributed by atoms with van der Waals surface area (Å²) in [6.45, 7) is 7.90. The van der Waals surface area contributed by atoms with Gasteiger partial charge in [-0.25, -0.2) is 0 Å². The Kier molecular flexibility index (Phi) is 5.89. The molecule has 0 spiro atoms. The summed E-state index contributed by atoms with van der Waals surface area (Å²) in [4.78, 5) is 29.2. The molecule has 0 unspecified atom stereocenters. The highest BCUT2D eigenvalue weighted by Crippen LogP contribution is 2.28. The third-order valence-electron chi connectivity index (χ3n) is 3.97. The van der Waals surface area contributed by atoms with Crippen LogP contribution in [0.5, 0.6) is 0 Å². The van der Waals surface area contributed by atoms with E-state index in [4.69, 9.17) is 0 Å². The summed E-state index contributed by atoms with van der Waals surface area (Å²) in [5.41, 5.74) is 2.65. The third-order valence-corrected chi connectivity index (χ3v) is 4.84. The molecule has 4 heteroatoms. The van der Waals surface area contributed by atoms with Gasteiger partial charge < -0.3 is 4.98 Å². The molecule has 3 nitrogen and oxygen atoms in total. The molecule has 0 amide bonds. The van der Waals surface area contributed by atoms with Crippen molar-refractivity contribution in [2.75, 3.05) is 0 Å². The minimum atomic E-state index is -0.104. The normalized spacial score (nSPS) is 10.4. The van der Waals surface area contributed by atoms with Gasteiger partial charge in [-0.3, -0.25) is 9.59 Å². The number of nitrogens with one attached hydrogen (secondary N) is 1.